The number of hydrogen-bond acceptors (Lipinski definition) is 5. The molecule has 0 aliphatic carbocycles. The maximum absolute atomic E-state index is 12.8. The fourth-order valence-corrected chi connectivity index (χ4v) is 3.35. The predicted molar refractivity (Wildman–Crippen MR) is 99.7 cm³/mol. The van der Waals surface area contributed by atoms with Gasteiger partial charge in [0.15, 0.2) is 0 Å². The number of nitrogens with zero attached hydrogens (tertiary/aromatic N) is 3. The molecule has 1 aliphatic rings. The molecule has 2 heterocycles. The Kier molecular flexibility index (Phi) is 4.43. The van der Waals surface area contributed by atoms with Gasteiger partial charge in [0.25, 0.3) is 5.56 Å². The fourth-order valence-electron chi connectivity index (χ4n) is 3.35. The van der Waals surface area contributed by atoms with E-state index >= 15 is 0 Å². The van der Waals surface area contributed by atoms with Crippen molar-refractivity contribution in [2.45, 2.75) is 32.2 Å². The summed E-state index contributed by atoms with van der Waals surface area (Å²) in [6.07, 6.45) is 3.82. The summed E-state index contributed by atoms with van der Waals surface area (Å²) in [5, 5.41) is 9.62. The summed E-state index contributed by atoms with van der Waals surface area (Å²) in [5.74, 6) is 0.391. The van der Waals surface area contributed by atoms with E-state index in [1.54, 1.807) is 47.0 Å². The molecule has 0 amide bonds. The third-order valence-electron chi connectivity index (χ3n) is 4.76. The first kappa shape index (κ1) is 17.0. The molecule has 1 aliphatic heterocycles. The van der Waals surface area contributed by atoms with Crippen LogP contribution in [0, 0.1) is 11.3 Å². The predicted octanol–water partition coefficient (Wildman–Crippen LogP) is 3.21. The Balaban J connectivity index is 1.72. The molecule has 134 valence electrons. The lowest BCUT2D eigenvalue weighted by molar-refractivity contribution is 0.0734. The summed E-state index contributed by atoms with van der Waals surface area (Å²) >= 11 is 0. The van der Waals surface area contributed by atoms with Crippen molar-refractivity contribution < 1.29 is 9.53 Å². The van der Waals surface area contributed by atoms with Crippen LogP contribution in [0.25, 0.3) is 10.9 Å². The maximum Gasteiger partial charge on any atom is 0.343 e. The molecular formula is C21H17N3O3. The minimum Gasteiger partial charge on any atom is -0.422 e. The van der Waals surface area contributed by atoms with Gasteiger partial charge in [-0.25, -0.2) is 9.78 Å². The Hall–Kier alpha value is -3.46. The van der Waals surface area contributed by atoms with Crippen molar-refractivity contribution in [3.05, 3.63) is 69.8 Å². The minimum atomic E-state index is -0.587. The zero-order valence-electron chi connectivity index (χ0n) is 14.6. The van der Waals surface area contributed by atoms with Gasteiger partial charge >= 0.3 is 5.97 Å². The molecule has 0 saturated heterocycles. The highest BCUT2D eigenvalue weighted by molar-refractivity contribution is 5.95. The monoisotopic (exact) mass is 359 g/mol. The van der Waals surface area contributed by atoms with Crippen LogP contribution in [0.15, 0.2) is 47.3 Å². The number of ether oxygens (including phenoxy) is 1. The Morgan fingerprint density at radius 1 is 1.15 bits per heavy atom. The third-order valence-corrected chi connectivity index (χ3v) is 4.76. The fraction of sp³-hybridized carbons (Fsp3) is 0.238. The highest BCUT2D eigenvalue weighted by Crippen LogP contribution is 2.20. The Morgan fingerprint density at radius 2 is 2.00 bits per heavy atom. The molecule has 0 atom stereocenters. The number of benzene rings is 2. The van der Waals surface area contributed by atoms with Crippen molar-refractivity contribution in [3.8, 4) is 11.8 Å². The van der Waals surface area contributed by atoms with Crippen LogP contribution in [0.2, 0.25) is 0 Å². The molecule has 6 heteroatoms. The summed E-state index contributed by atoms with van der Waals surface area (Å²) in [7, 11) is 0. The summed E-state index contributed by atoms with van der Waals surface area (Å²) in [5.41, 5.74) is 1.01. The van der Waals surface area contributed by atoms with Crippen LogP contribution in [0.1, 0.15) is 41.0 Å². The molecular weight excluding hydrogens is 342 g/mol. The second kappa shape index (κ2) is 7.04. The summed E-state index contributed by atoms with van der Waals surface area (Å²) < 4.78 is 7.11. The number of carbonyl (C=O) groups excluding carboxylic acids is 1. The molecule has 0 bridgehead atoms. The molecule has 2 aromatic carbocycles. The number of aromatic nitrogens is 2. The van der Waals surface area contributed by atoms with Crippen LogP contribution >= 0.6 is 0 Å². The van der Waals surface area contributed by atoms with Crippen LogP contribution in [0.3, 0.4) is 0 Å². The van der Waals surface area contributed by atoms with Crippen molar-refractivity contribution in [2.24, 2.45) is 0 Å². The number of fused-ring (bicyclic) bond motifs is 2. The topological polar surface area (TPSA) is 85.0 Å². The molecule has 27 heavy (non-hydrogen) atoms. The molecule has 0 fully saturated rings. The largest absolute Gasteiger partial charge is 0.422 e. The van der Waals surface area contributed by atoms with E-state index in [-0.39, 0.29) is 16.9 Å². The molecule has 1 aromatic heterocycles. The van der Waals surface area contributed by atoms with E-state index in [2.05, 4.69) is 4.98 Å². The SMILES string of the molecule is N#Cc1ccccc1OC(=O)c1ccc2c(=O)n3c(nc2c1)CCCCC3. The Bertz CT molecular complexity index is 1140. The van der Waals surface area contributed by atoms with Crippen LogP contribution in [-0.4, -0.2) is 15.5 Å². The van der Waals surface area contributed by atoms with Crippen LogP contribution < -0.4 is 10.3 Å². The van der Waals surface area contributed by atoms with Gasteiger partial charge in [-0.1, -0.05) is 18.6 Å². The van der Waals surface area contributed by atoms with E-state index in [1.165, 1.54) is 0 Å². The van der Waals surface area contributed by atoms with Crippen LogP contribution in [-0.2, 0) is 13.0 Å². The second-order valence-electron chi connectivity index (χ2n) is 6.52. The first-order chi connectivity index (χ1) is 13.2. The Morgan fingerprint density at radius 3 is 2.85 bits per heavy atom. The normalized spacial score (nSPS) is 13.4. The standard InChI is InChI=1S/C21H17N3O3/c22-13-15-6-3-4-7-18(15)27-21(26)14-9-10-16-17(12-14)23-19-8-2-1-5-11-24(19)20(16)25/h3-4,6-7,9-10,12H,1-2,5,8,11H2. The van der Waals surface area contributed by atoms with Gasteiger partial charge in [0.1, 0.15) is 17.6 Å². The van der Waals surface area contributed by atoms with E-state index < -0.39 is 5.97 Å². The maximum atomic E-state index is 12.8. The van der Waals surface area contributed by atoms with Gasteiger partial charge in [0.2, 0.25) is 0 Å². The molecule has 0 radical (unpaired) electrons. The molecule has 4 rings (SSSR count). The average molecular weight is 359 g/mol. The van der Waals surface area contributed by atoms with Crippen LogP contribution in [0.5, 0.6) is 5.75 Å². The molecule has 0 unspecified atom stereocenters. The van der Waals surface area contributed by atoms with Crippen molar-refractivity contribution in [2.75, 3.05) is 0 Å². The highest BCUT2D eigenvalue weighted by Gasteiger charge is 2.17. The van der Waals surface area contributed by atoms with E-state index in [0.29, 0.717) is 23.0 Å². The molecule has 3 aromatic rings. The lowest BCUT2D eigenvalue weighted by Crippen LogP contribution is -2.24. The zero-order chi connectivity index (χ0) is 18.8. The lowest BCUT2D eigenvalue weighted by atomic mass is 10.1. The van der Waals surface area contributed by atoms with Gasteiger partial charge in [-0.3, -0.25) is 9.36 Å². The van der Waals surface area contributed by atoms with Gasteiger partial charge in [0, 0.05) is 13.0 Å². The van der Waals surface area contributed by atoms with E-state index in [9.17, 15) is 9.59 Å². The lowest BCUT2D eigenvalue weighted by Gasteiger charge is -2.11. The summed E-state index contributed by atoms with van der Waals surface area (Å²) in [6, 6.07) is 13.3. The van der Waals surface area contributed by atoms with Crippen molar-refractivity contribution in [3.63, 3.8) is 0 Å². The number of para-hydroxylation sites is 1. The van der Waals surface area contributed by atoms with Crippen LogP contribution in [0.4, 0.5) is 0 Å². The highest BCUT2D eigenvalue weighted by atomic mass is 16.5. The average Bonchev–Trinajstić information content (AvgIpc) is 2.94. The van der Waals surface area contributed by atoms with Gasteiger partial charge in [-0.15, -0.1) is 0 Å². The third kappa shape index (κ3) is 3.20. The number of aryl methyl sites for hydroxylation is 1. The van der Waals surface area contributed by atoms with Crippen molar-refractivity contribution in [1.82, 2.24) is 9.55 Å². The smallest absolute Gasteiger partial charge is 0.343 e. The first-order valence-corrected chi connectivity index (χ1v) is 8.92. The number of carbonyl (C=O) groups is 1. The van der Waals surface area contributed by atoms with Gasteiger partial charge in [-0.2, -0.15) is 5.26 Å². The Labute approximate surface area is 155 Å². The van der Waals surface area contributed by atoms with Crippen molar-refractivity contribution >= 4 is 16.9 Å². The first-order valence-electron chi connectivity index (χ1n) is 8.92. The number of nitriles is 1. The van der Waals surface area contributed by atoms with Gasteiger partial charge in [-0.05, 0) is 43.2 Å². The molecule has 0 saturated carbocycles. The number of esters is 1. The van der Waals surface area contributed by atoms with E-state index in [0.717, 1.165) is 31.5 Å². The molecule has 0 N–H and O–H groups in total. The van der Waals surface area contributed by atoms with Gasteiger partial charge < -0.3 is 4.74 Å². The molecule has 0 spiro atoms. The summed E-state index contributed by atoms with van der Waals surface area (Å²) in [4.78, 5) is 29.9. The van der Waals surface area contributed by atoms with Crippen molar-refractivity contribution in [1.29, 1.82) is 5.26 Å². The van der Waals surface area contributed by atoms with E-state index in [1.807, 2.05) is 6.07 Å². The second-order valence-corrected chi connectivity index (χ2v) is 6.52. The summed E-state index contributed by atoms with van der Waals surface area (Å²) in [6.45, 7) is 0.686. The van der Waals surface area contributed by atoms with Gasteiger partial charge in [0.05, 0.1) is 22.0 Å². The number of rotatable bonds is 2. The molecule has 6 nitrogen and oxygen atoms in total. The van der Waals surface area contributed by atoms with E-state index in [4.69, 9.17) is 10.00 Å². The minimum absolute atomic E-state index is 0.0633. The quantitative estimate of drug-likeness (QED) is 0.518. The zero-order valence-corrected chi connectivity index (χ0v) is 14.6. The number of hydrogen-bond donors (Lipinski definition) is 0.